The molecule has 2 fully saturated rings. The maximum atomic E-state index is 10.6. The van der Waals surface area contributed by atoms with Crippen LogP contribution in [-0.4, -0.2) is 25.3 Å². The number of amides is 1. The van der Waals surface area contributed by atoms with Gasteiger partial charge in [-0.15, -0.1) is 0 Å². The van der Waals surface area contributed by atoms with Gasteiger partial charge < -0.3 is 20.5 Å². The van der Waals surface area contributed by atoms with Crippen molar-refractivity contribution < 1.29 is 14.3 Å². The van der Waals surface area contributed by atoms with Gasteiger partial charge in [0.15, 0.2) is 0 Å². The molecule has 5 nitrogen and oxygen atoms in total. The Balaban J connectivity index is 1.51. The van der Waals surface area contributed by atoms with Crippen LogP contribution < -0.4 is 20.5 Å². The van der Waals surface area contributed by atoms with Gasteiger partial charge in [-0.2, -0.15) is 0 Å². The summed E-state index contributed by atoms with van der Waals surface area (Å²) in [5, 5.41) is 3.40. The van der Waals surface area contributed by atoms with E-state index < -0.39 is 6.09 Å². The number of nitrogens with two attached hydrogens (primary N) is 1. The van der Waals surface area contributed by atoms with Crippen LogP contribution in [0.25, 0.3) is 0 Å². The van der Waals surface area contributed by atoms with Crippen molar-refractivity contribution in [3.63, 3.8) is 0 Å². The van der Waals surface area contributed by atoms with E-state index in [-0.39, 0.29) is 0 Å². The number of ether oxygens (including phenoxy) is 2. The maximum absolute atomic E-state index is 10.6. The molecule has 1 aromatic rings. The van der Waals surface area contributed by atoms with Crippen LogP contribution in [0.3, 0.4) is 0 Å². The fraction of sp³-hybridized carbons (Fsp3) is 0.533. The molecule has 1 heterocycles. The largest absolute Gasteiger partial charge is 0.490 e. The van der Waals surface area contributed by atoms with E-state index in [0.29, 0.717) is 17.3 Å². The minimum atomic E-state index is -0.800. The van der Waals surface area contributed by atoms with Crippen molar-refractivity contribution >= 4 is 6.09 Å². The first-order chi connectivity index (χ1) is 9.65. The predicted octanol–water partition coefficient (Wildman–Crippen LogP) is 2.06. The van der Waals surface area contributed by atoms with E-state index in [1.54, 1.807) is 12.1 Å². The van der Waals surface area contributed by atoms with Crippen LogP contribution in [0.15, 0.2) is 24.3 Å². The zero-order valence-electron chi connectivity index (χ0n) is 11.4. The summed E-state index contributed by atoms with van der Waals surface area (Å²) in [6.45, 7) is 2.26. The molecule has 0 aromatic heterocycles. The third kappa shape index (κ3) is 2.88. The molecule has 20 heavy (non-hydrogen) atoms. The Morgan fingerprint density at radius 1 is 1.15 bits per heavy atom. The number of benzene rings is 1. The number of hydrogen-bond acceptors (Lipinski definition) is 4. The molecular weight excluding hydrogens is 256 g/mol. The van der Waals surface area contributed by atoms with E-state index in [0.717, 1.165) is 31.7 Å². The summed E-state index contributed by atoms with van der Waals surface area (Å²) in [4.78, 5) is 10.6. The Morgan fingerprint density at radius 3 is 2.35 bits per heavy atom. The number of nitrogens with one attached hydrogen (secondary N) is 1. The zero-order valence-corrected chi connectivity index (χ0v) is 11.4. The zero-order chi connectivity index (χ0) is 14.0. The molecular formula is C15H20N2O3. The highest BCUT2D eigenvalue weighted by molar-refractivity contribution is 5.68. The molecule has 1 saturated heterocycles. The van der Waals surface area contributed by atoms with Gasteiger partial charge in [-0.05, 0) is 68.5 Å². The third-order valence-electron chi connectivity index (χ3n) is 4.33. The van der Waals surface area contributed by atoms with Gasteiger partial charge in [-0.3, -0.25) is 0 Å². The number of primary amides is 1. The average Bonchev–Trinajstić information content (AvgIpc) is 2.40. The number of rotatable bonds is 3. The highest BCUT2D eigenvalue weighted by Crippen LogP contribution is 2.49. The van der Waals surface area contributed by atoms with Gasteiger partial charge in [0.2, 0.25) is 0 Å². The number of carbonyl (C=O) groups is 1. The standard InChI is InChI=1S/C15H20N2O3/c16-14(18)20-12-3-1-11(2-4-12)19-13-9-15(10-13)5-7-17-8-6-15/h1-4,13,17H,5-10H2,(H2,16,18). The minimum Gasteiger partial charge on any atom is -0.490 e. The molecule has 0 bridgehead atoms. The second kappa shape index (κ2) is 5.32. The van der Waals surface area contributed by atoms with Crippen LogP contribution in [0.2, 0.25) is 0 Å². The van der Waals surface area contributed by atoms with Gasteiger partial charge in [0.1, 0.15) is 11.5 Å². The van der Waals surface area contributed by atoms with Crippen LogP contribution in [0.1, 0.15) is 25.7 Å². The maximum Gasteiger partial charge on any atom is 0.409 e. The van der Waals surface area contributed by atoms with Crippen molar-refractivity contribution in [3.8, 4) is 11.5 Å². The summed E-state index contributed by atoms with van der Waals surface area (Å²) in [5.41, 5.74) is 5.47. The summed E-state index contributed by atoms with van der Waals surface area (Å²) >= 11 is 0. The molecule has 1 aliphatic carbocycles. The summed E-state index contributed by atoms with van der Waals surface area (Å²) in [6.07, 6.45) is 4.33. The van der Waals surface area contributed by atoms with E-state index in [2.05, 4.69) is 5.32 Å². The lowest BCUT2D eigenvalue weighted by Crippen LogP contribution is -2.49. The molecule has 0 atom stereocenters. The second-order valence-electron chi connectivity index (χ2n) is 5.79. The van der Waals surface area contributed by atoms with Gasteiger partial charge in [-0.1, -0.05) is 0 Å². The van der Waals surface area contributed by atoms with Crippen molar-refractivity contribution in [2.24, 2.45) is 11.1 Å². The van der Waals surface area contributed by atoms with E-state index in [1.165, 1.54) is 12.8 Å². The second-order valence-corrected chi connectivity index (χ2v) is 5.79. The molecule has 0 radical (unpaired) electrons. The fourth-order valence-corrected chi connectivity index (χ4v) is 3.25. The van der Waals surface area contributed by atoms with Crippen molar-refractivity contribution in [1.29, 1.82) is 0 Å². The lowest BCUT2D eigenvalue weighted by Gasteiger charge is -2.49. The molecule has 3 rings (SSSR count). The van der Waals surface area contributed by atoms with E-state index in [4.69, 9.17) is 15.2 Å². The van der Waals surface area contributed by atoms with Crippen molar-refractivity contribution in [3.05, 3.63) is 24.3 Å². The van der Waals surface area contributed by atoms with Gasteiger partial charge in [-0.25, -0.2) is 4.79 Å². The summed E-state index contributed by atoms with van der Waals surface area (Å²) < 4.78 is 10.7. The molecule has 108 valence electrons. The molecule has 3 N–H and O–H groups in total. The van der Waals surface area contributed by atoms with Crippen LogP contribution in [-0.2, 0) is 0 Å². The molecule has 0 unspecified atom stereocenters. The van der Waals surface area contributed by atoms with Crippen molar-refractivity contribution in [2.75, 3.05) is 13.1 Å². The van der Waals surface area contributed by atoms with Gasteiger partial charge in [0, 0.05) is 0 Å². The molecule has 1 spiro atoms. The van der Waals surface area contributed by atoms with Crippen molar-refractivity contribution in [1.82, 2.24) is 5.32 Å². The molecule has 1 aliphatic heterocycles. The van der Waals surface area contributed by atoms with Crippen LogP contribution in [0, 0.1) is 5.41 Å². The Hall–Kier alpha value is -1.75. The monoisotopic (exact) mass is 276 g/mol. The molecule has 1 saturated carbocycles. The fourth-order valence-electron chi connectivity index (χ4n) is 3.25. The summed E-state index contributed by atoms with van der Waals surface area (Å²) in [7, 11) is 0. The van der Waals surface area contributed by atoms with Gasteiger partial charge in [0.05, 0.1) is 6.10 Å². The lowest BCUT2D eigenvalue weighted by molar-refractivity contribution is -0.0347. The van der Waals surface area contributed by atoms with Crippen LogP contribution in [0.5, 0.6) is 11.5 Å². The normalized spacial score (nSPS) is 21.2. The molecule has 2 aliphatic rings. The Labute approximate surface area is 118 Å². The van der Waals surface area contributed by atoms with E-state index in [9.17, 15) is 4.79 Å². The highest BCUT2D eigenvalue weighted by atomic mass is 16.5. The minimum absolute atomic E-state index is 0.316. The number of carbonyl (C=O) groups excluding carboxylic acids is 1. The lowest BCUT2D eigenvalue weighted by atomic mass is 9.62. The quantitative estimate of drug-likeness (QED) is 0.886. The third-order valence-corrected chi connectivity index (χ3v) is 4.33. The van der Waals surface area contributed by atoms with Crippen LogP contribution in [0.4, 0.5) is 4.79 Å². The first-order valence-corrected chi connectivity index (χ1v) is 7.10. The summed E-state index contributed by atoms with van der Waals surface area (Å²) in [5.74, 6) is 1.25. The number of hydrogen-bond donors (Lipinski definition) is 2. The van der Waals surface area contributed by atoms with E-state index >= 15 is 0 Å². The number of piperidine rings is 1. The average molecular weight is 276 g/mol. The van der Waals surface area contributed by atoms with Crippen molar-refractivity contribution in [2.45, 2.75) is 31.8 Å². The molecule has 1 amide bonds. The Bertz CT molecular complexity index is 472. The highest BCUT2D eigenvalue weighted by Gasteiger charge is 2.45. The Morgan fingerprint density at radius 2 is 1.75 bits per heavy atom. The SMILES string of the molecule is NC(=O)Oc1ccc(OC2CC3(CCNCC3)C2)cc1. The predicted molar refractivity (Wildman–Crippen MR) is 74.8 cm³/mol. The Kier molecular flexibility index (Phi) is 3.53. The van der Waals surface area contributed by atoms with Gasteiger partial charge >= 0.3 is 6.09 Å². The topological polar surface area (TPSA) is 73.6 Å². The smallest absolute Gasteiger partial charge is 0.409 e. The molecule has 5 heteroatoms. The summed E-state index contributed by atoms with van der Waals surface area (Å²) in [6, 6.07) is 7.01. The first-order valence-electron chi connectivity index (χ1n) is 7.10. The van der Waals surface area contributed by atoms with Crippen LogP contribution >= 0.6 is 0 Å². The molecule has 1 aromatic carbocycles. The first kappa shape index (κ1) is 13.2. The van der Waals surface area contributed by atoms with Gasteiger partial charge in [0.25, 0.3) is 0 Å². The van der Waals surface area contributed by atoms with E-state index in [1.807, 2.05) is 12.1 Å².